The summed E-state index contributed by atoms with van der Waals surface area (Å²) in [6, 6.07) is 0. The average molecular weight is 116 g/mol. The van der Waals surface area contributed by atoms with Crippen LogP contribution in [0.15, 0.2) is 18.3 Å². The van der Waals surface area contributed by atoms with Crippen LogP contribution < -0.4 is 0 Å². The molecule has 3 nitrogen and oxygen atoms in total. The van der Waals surface area contributed by atoms with Gasteiger partial charge in [-0.25, -0.2) is 0 Å². The van der Waals surface area contributed by atoms with E-state index in [4.69, 9.17) is 10.2 Å². The van der Waals surface area contributed by atoms with Crippen LogP contribution in [0.25, 0.3) is 0 Å². The molecule has 0 aromatic carbocycles. The van der Waals surface area contributed by atoms with Crippen LogP contribution in [-0.4, -0.2) is 16.5 Å². The second kappa shape index (κ2) is 3.13. The molecule has 0 radical (unpaired) electrons. The molecular weight excluding hydrogens is 108 g/mol. The highest BCUT2D eigenvalue weighted by molar-refractivity contribution is 4.74. The molecule has 1 atom stereocenters. The molecule has 0 rings (SSSR count). The van der Waals surface area contributed by atoms with E-state index in [2.05, 4.69) is 11.3 Å². The van der Waals surface area contributed by atoms with Crippen molar-refractivity contribution >= 4 is 0 Å². The largest absolute Gasteiger partial charge is 0.475 e. The van der Waals surface area contributed by atoms with E-state index in [0.717, 1.165) is 0 Å². The van der Waals surface area contributed by atoms with Gasteiger partial charge in [0, 0.05) is 0 Å². The Labute approximate surface area is 47.5 Å². The third kappa shape index (κ3) is 3.28. The van der Waals surface area contributed by atoms with Gasteiger partial charge in [-0.2, -0.15) is 0 Å². The number of rotatable bonds is 2. The van der Waals surface area contributed by atoms with Gasteiger partial charge < -0.3 is 14.9 Å². The average Bonchev–Trinajstić information content (AvgIpc) is 1.65. The Hall–Kier alpha value is -0.920. The van der Waals surface area contributed by atoms with Crippen molar-refractivity contribution in [2.24, 2.45) is 0 Å². The van der Waals surface area contributed by atoms with Crippen molar-refractivity contribution in [3.8, 4) is 0 Å². The smallest absolute Gasteiger partial charge is 0.326 e. The third-order valence-corrected chi connectivity index (χ3v) is 0.433. The molecule has 0 spiro atoms. The summed E-state index contributed by atoms with van der Waals surface area (Å²) in [7, 11) is 0. The monoisotopic (exact) mass is 116 g/mol. The van der Waals surface area contributed by atoms with E-state index in [9.17, 15) is 0 Å². The van der Waals surface area contributed by atoms with Gasteiger partial charge in [0.15, 0.2) is 6.29 Å². The minimum absolute atomic E-state index is 0.486. The normalized spacial score (nSPS) is 11.8. The minimum Gasteiger partial charge on any atom is -0.475 e. The summed E-state index contributed by atoms with van der Waals surface area (Å²) in [4.78, 5) is 0. The third-order valence-electron chi connectivity index (χ3n) is 0.433. The highest BCUT2D eigenvalue weighted by Gasteiger charge is 1.94. The molecule has 0 fully saturated rings. The molecule has 0 saturated heterocycles. The Bertz CT molecular complexity index is 111. The molecule has 46 valence electrons. The zero-order valence-corrected chi connectivity index (χ0v) is 4.59. The number of ether oxygens (including phenoxy) is 1. The van der Waals surface area contributed by atoms with E-state index in [1.165, 1.54) is 6.92 Å². The van der Waals surface area contributed by atoms with E-state index in [1.807, 2.05) is 5.73 Å². The molecule has 2 N–H and O–H groups in total. The first-order valence-electron chi connectivity index (χ1n) is 2.10. The van der Waals surface area contributed by atoms with Crippen molar-refractivity contribution < 1.29 is 14.9 Å². The van der Waals surface area contributed by atoms with Crippen LogP contribution in [0.4, 0.5) is 0 Å². The van der Waals surface area contributed by atoms with Crippen LogP contribution in [0.5, 0.6) is 0 Å². The number of hydrogen-bond donors (Lipinski definition) is 2. The molecule has 0 amide bonds. The maximum Gasteiger partial charge on any atom is 0.326 e. The van der Waals surface area contributed by atoms with Crippen LogP contribution >= 0.6 is 0 Å². The van der Waals surface area contributed by atoms with E-state index in [0.29, 0.717) is 0 Å². The van der Waals surface area contributed by atoms with E-state index >= 15 is 0 Å². The van der Waals surface area contributed by atoms with Gasteiger partial charge in [0.05, 0.1) is 0 Å². The summed E-state index contributed by atoms with van der Waals surface area (Å²) in [6.45, 7) is 4.43. The lowest BCUT2D eigenvalue weighted by Crippen LogP contribution is -2.04. The highest BCUT2D eigenvalue weighted by Crippen LogP contribution is 1.91. The summed E-state index contributed by atoms with van der Waals surface area (Å²) in [6.07, 6.45) is -1.01. The first-order chi connectivity index (χ1) is 3.66. The van der Waals surface area contributed by atoms with Crippen molar-refractivity contribution in [2.75, 3.05) is 0 Å². The second-order valence-corrected chi connectivity index (χ2v) is 1.20. The first-order valence-corrected chi connectivity index (χ1v) is 2.10. The van der Waals surface area contributed by atoms with Crippen molar-refractivity contribution in [1.29, 1.82) is 0 Å². The Morgan fingerprint density at radius 2 is 2.38 bits per heavy atom. The van der Waals surface area contributed by atoms with E-state index in [1.54, 1.807) is 0 Å². The maximum absolute atomic E-state index is 8.39. The van der Waals surface area contributed by atoms with Crippen molar-refractivity contribution in [1.82, 2.24) is 0 Å². The predicted molar refractivity (Wildman–Crippen MR) is 28.0 cm³/mol. The lowest BCUT2D eigenvalue weighted by Gasteiger charge is -2.02. The zero-order chi connectivity index (χ0) is 6.57. The van der Waals surface area contributed by atoms with Gasteiger partial charge in [-0.1, -0.05) is 0 Å². The van der Waals surface area contributed by atoms with Crippen LogP contribution in [-0.2, 0) is 4.74 Å². The molecule has 0 bridgehead atoms. The number of aliphatic hydroxyl groups excluding tert-OH is 2. The fourth-order valence-corrected chi connectivity index (χ4v) is 0.203. The number of hydrogen-bond acceptors (Lipinski definition) is 3. The van der Waals surface area contributed by atoms with Gasteiger partial charge in [0.1, 0.15) is 0 Å². The van der Waals surface area contributed by atoms with Gasteiger partial charge >= 0.3 is 5.95 Å². The Morgan fingerprint density at radius 1 is 1.88 bits per heavy atom. The van der Waals surface area contributed by atoms with Gasteiger partial charge in [0.2, 0.25) is 0 Å². The molecule has 1 unspecified atom stereocenters. The van der Waals surface area contributed by atoms with Crippen molar-refractivity contribution in [3.63, 3.8) is 0 Å². The summed E-state index contributed by atoms with van der Waals surface area (Å²) in [5.74, 6) is -0.486. The molecule has 0 aromatic heterocycles. The quantitative estimate of drug-likeness (QED) is 0.314. The predicted octanol–water partition coefficient (Wildman–Crippen LogP) is 0.526. The Balaban J connectivity index is 3.56. The van der Waals surface area contributed by atoms with Gasteiger partial charge in [-0.15, -0.1) is 0 Å². The van der Waals surface area contributed by atoms with Crippen molar-refractivity contribution in [3.05, 3.63) is 18.3 Å². The van der Waals surface area contributed by atoms with Gasteiger partial charge in [-0.3, -0.25) is 0 Å². The summed E-state index contributed by atoms with van der Waals surface area (Å²) in [5, 5.41) is 16.8. The summed E-state index contributed by atoms with van der Waals surface area (Å²) >= 11 is 0. The molecule has 0 saturated carbocycles. The zero-order valence-electron chi connectivity index (χ0n) is 4.59. The second-order valence-electron chi connectivity index (χ2n) is 1.20. The molecule has 3 heteroatoms. The highest BCUT2D eigenvalue weighted by atomic mass is 16.7. The van der Waals surface area contributed by atoms with Crippen LogP contribution in [0.3, 0.4) is 0 Å². The van der Waals surface area contributed by atoms with Crippen LogP contribution in [0, 0.1) is 0 Å². The van der Waals surface area contributed by atoms with Crippen molar-refractivity contribution in [2.45, 2.75) is 13.2 Å². The molecular formula is C5H8O3. The summed E-state index contributed by atoms with van der Waals surface area (Å²) < 4.78 is 4.25. The molecule has 0 heterocycles. The molecule has 0 aliphatic carbocycles. The lowest BCUT2D eigenvalue weighted by atomic mass is 10.7. The lowest BCUT2D eigenvalue weighted by molar-refractivity contribution is -0.0862. The summed E-state index contributed by atoms with van der Waals surface area (Å²) in [5.41, 5.74) is 2.04. The molecule has 0 aliphatic rings. The van der Waals surface area contributed by atoms with E-state index < -0.39 is 12.2 Å². The van der Waals surface area contributed by atoms with Crippen LogP contribution in [0.2, 0.25) is 0 Å². The standard InChI is InChI=1S/C5H8O3/c1-3-5(7)8-4(2)6/h4,6-7H,1H2,2H3. The van der Waals surface area contributed by atoms with E-state index in [-0.39, 0.29) is 0 Å². The first kappa shape index (κ1) is 7.08. The Kier molecular flexibility index (Phi) is 2.77. The fraction of sp³-hybridized carbons (Fsp3) is 0.400. The molecule has 8 heavy (non-hydrogen) atoms. The Morgan fingerprint density at radius 3 is 2.50 bits per heavy atom. The molecule has 0 aromatic rings. The topological polar surface area (TPSA) is 49.7 Å². The number of aliphatic hydroxyl groups is 2. The van der Waals surface area contributed by atoms with Gasteiger partial charge in [0.25, 0.3) is 0 Å². The fourth-order valence-electron chi connectivity index (χ4n) is 0.203. The minimum atomic E-state index is -1.01. The van der Waals surface area contributed by atoms with Gasteiger partial charge in [-0.05, 0) is 19.2 Å². The molecule has 0 aliphatic heterocycles. The SMILES string of the molecule is C=C=C(O)OC(C)O. The van der Waals surface area contributed by atoms with Crippen LogP contribution in [0.1, 0.15) is 6.92 Å². The maximum atomic E-state index is 8.39.